The van der Waals surface area contributed by atoms with Crippen LogP contribution >= 0.6 is 11.8 Å². The molecule has 0 N–H and O–H groups in total. The van der Waals surface area contributed by atoms with Crippen LogP contribution in [0, 0.1) is 10.1 Å². The van der Waals surface area contributed by atoms with Gasteiger partial charge in [-0.25, -0.2) is 0 Å². The lowest BCUT2D eigenvalue weighted by Gasteiger charge is -2.08. The Bertz CT molecular complexity index is 784. The molecule has 0 aliphatic heterocycles. The summed E-state index contributed by atoms with van der Waals surface area (Å²) in [7, 11) is 2.85. The molecule has 1 heterocycles. The third-order valence-corrected chi connectivity index (χ3v) is 3.94. The highest BCUT2D eigenvalue weighted by Gasteiger charge is 2.12. The lowest BCUT2D eigenvalue weighted by molar-refractivity contribution is -0.384. The SMILES string of the molecule is COC(=O)CSc1cc2cc([N+](=O)[O-])ccc2n(C)c1=O. The predicted octanol–water partition coefficient (Wildman–Crippen LogP) is 1.71. The predicted molar refractivity (Wildman–Crippen MR) is 78.6 cm³/mol. The molecule has 0 spiro atoms. The number of nitro benzene ring substituents is 1. The van der Waals surface area contributed by atoms with Crippen molar-refractivity contribution < 1.29 is 14.5 Å². The summed E-state index contributed by atoms with van der Waals surface area (Å²) in [5.74, 6) is -0.437. The van der Waals surface area contributed by atoms with Gasteiger partial charge in [0, 0.05) is 24.6 Å². The number of benzene rings is 1. The van der Waals surface area contributed by atoms with E-state index in [1.54, 1.807) is 13.1 Å². The van der Waals surface area contributed by atoms with Gasteiger partial charge in [0.25, 0.3) is 11.2 Å². The van der Waals surface area contributed by atoms with E-state index in [-0.39, 0.29) is 17.0 Å². The van der Waals surface area contributed by atoms with Crippen molar-refractivity contribution in [2.24, 2.45) is 7.05 Å². The average molecular weight is 308 g/mol. The highest BCUT2D eigenvalue weighted by atomic mass is 32.2. The number of fused-ring (bicyclic) bond motifs is 1. The third kappa shape index (κ3) is 3.05. The van der Waals surface area contributed by atoms with Crippen LogP contribution in [0.25, 0.3) is 10.9 Å². The van der Waals surface area contributed by atoms with Crippen LogP contribution < -0.4 is 5.56 Å². The minimum Gasteiger partial charge on any atom is -0.468 e. The topological polar surface area (TPSA) is 91.4 Å². The van der Waals surface area contributed by atoms with Gasteiger partial charge in [0.1, 0.15) is 0 Å². The molecule has 0 fully saturated rings. The number of rotatable bonds is 4. The fraction of sp³-hybridized carbons (Fsp3) is 0.231. The summed E-state index contributed by atoms with van der Waals surface area (Å²) in [6.07, 6.45) is 0. The number of esters is 1. The maximum Gasteiger partial charge on any atom is 0.315 e. The van der Waals surface area contributed by atoms with Gasteiger partial charge in [-0.3, -0.25) is 19.7 Å². The Hall–Kier alpha value is -2.35. The molecular weight excluding hydrogens is 296 g/mol. The van der Waals surface area contributed by atoms with Gasteiger partial charge in [-0.05, 0) is 12.1 Å². The van der Waals surface area contributed by atoms with E-state index in [1.165, 1.54) is 29.9 Å². The van der Waals surface area contributed by atoms with E-state index in [9.17, 15) is 19.7 Å². The number of carbonyl (C=O) groups is 1. The van der Waals surface area contributed by atoms with E-state index in [0.717, 1.165) is 11.8 Å². The Balaban J connectivity index is 2.51. The van der Waals surface area contributed by atoms with Crippen molar-refractivity contribution in [1.82, 2.24) is 4.57 Å². The number of pyridine rings is 1. The minimum absolute atomic E-state index is 0.00612. The molecule has 0 atom stereocenters. The Morgan fingerprint density at radius 3 is 2.76 bits per heavy atom. The summed E-state index contributed by atoms with van der Waals surface area (Å²) in [4.78, 5) is 34.0. The highest BCUT2D eigenvalue weighted by Crippen LogP contribution is 2.23. The van der Waals surface area contributed by atoms with Gasteiger partial charge < -0.3 is 9.30 Å². The van der Waals surface area contributed by atoms with Crippen molar-refractivity contribution in [2.75, 3.05) is 12.9 Å². The highest BCUT2D eigenvalue weighted by molar-refractivity contribution is 8.00. The van der Waals surface area contributed by atoms with Crippen molar-refractivity contribution in [3.8, 4) is 0 Å². The molecule has 1 aromatic heterocycles. The molecule has 2 aromatic rings. The largest absolute Gasteiger partial charge is 0.468 e. The quantitative estimate of drug-likeness (QED) is 0.369. The van der Waals surface area contributed by atoms with Crippen LogP contribution in [0.1, 0.15) is 0 Å². The zero-order valence-electron chi connectivity index (χ0n) is 11.4. The van der Waals surface area contributed by atoms with Crippen molar-refractivity contribution in [3.05, 3.63) is 44.7 Å². The maximum absolute atomic E-state index is 12.2. The van der Waals surface area contributed by atoms with Gasteiger partial charge >= 0.3 is 5.97 Å². The molecule has 8 heteroatoms. The average Bonchev–Trinajstić information content (AvgIpc) is 2.48. The van der Waals surface area contributed by atoms with Crippen LogP contribution in [0.4, 0.5) is 5.69 Å². The molecule has 0 saturated carbocycles. The summed E-state index contributed by atoms with van der Waals surface area (Å²) in [6, 6.07) is 5.84. The summed E-state index contributed by atoms with van der Waals surface area (Å²) in [5, 5.41) is 11.4. The molecule has 0 amide bonds. The second-order valence-electron chi connectivity index (χ2n) is 4.24. The molecule has 0 aliphatic carbocycles. The van der Waals surface area contributed by atoms with Gasteiger partial charge in [-0.2, -0.15) is 0 Å². The molecule has 0 aliphatic rings. The summed E-state index contributed by atoms with van der Waals surface area (Å²) >= 11 is 1.05. The first kappa shape index (κ1) is 15.0. The van der Waals surface area contributed by atoms with Gasteiger partial charge in [0.05, 0.1) is 28.2 Å². The number of aryl methyl sites for hydroxylation is 1. The van der Waals surface area contributed by atoms with Gasteiger partial charge in [0.2, 0.25) is 0 Å². The number of methoxy groups -OCH3 is 1. The Kier molecular flexibility index (Phi) is 4.27. The number of nitro groups is 1. The minimum atomic E-state index is -0.494. The van der Waals surface area contributed by atoms with Crippen LogP contribution in [0.2, 0.25) is 0 Å². The lowest BCUT2D eigenvalue weighted by Crippen LogP contribution is -2.19. The fourth-order valence-corrected chi connectivity index (χ4v) is 2.72. The van der Waals surface area contributed by atoms with Crippen LogP contribution in [0.15, 0.2) is 34.0 Å². The smallest absolute Gasteiger partial charge is 0.315 e. The van der Waals surface area contributed by atoms with Gasteiger partial charge in [-0.1, -0.05) is 0 Å². The normalized spacial score (nSPS) is 10.6. The van der Waals surface area contributed by atoms with Crippen LogP contribution in [-0.2, 0) is 16.6 Å². The second-order valence-corrected chi connectivity index (χ2v) is 5.25. The second kappa shape index (κ2) is 5.96. The number of hydrogen-bond donors (Lipinski definition) is 0. The number of thioether (sulfide) groups is 1. The first-order valence-electron chi connectivity index (χ1n) is 5.92. The van der Waals surface area contributed by atoms with Crippen molar-refractivity contribution in [2.45, 2.75) is 4.90 Å². The third-order valence-electron chi connectivity index (χ3n) is 2.96. The van der Waals surface area contributed by atoms with E-state index in [0.29, 0.717) is 15.8 Å². The summed E-state index contributed by atoms with van der Waals surface area (Å²) < 4.78 is 5.92. The summed E-state index contributed by atoms with van der Waals surface area (Å²) in [5.41, 5.74) is 0.281. The van der Waals surface area contributed by atoms with E-state index < -0.39 is 10.9 Å². The van der Waals surface area contributed by atoms with Crippen molar-refractivity contribution in [3.63, 3.8) is 0 Å². The molecule has 7 nitrogen and oxygen atoms in total. The Labute approximate surface area is 123 Å². The first-order valence-corrected chi connectivity index (χ1v) is 6.90. The van der Waals surface area contributed by atoms with Crippen molar-refractivity contribution >= 4 is 34.3 Å². The van der Waals surface area contributed by atoms with Crippen molar-refractivity contribution in [1.29, 1.82) is 0 Å². The molecule has 21 heavy (non-hydrogen) atoms. The molecule has 2 rings (SSSR count). The number of hydrogen-bond acceptors (Lipinski definition) is 6. The Morgan fingerprint density at radius 2 is 2.14 bits per heavy atom. The van der Waals surface area contributed by atoms with Crippen LogP contribution in [0.3, 0.4) is 0 Å². The van der Waals surface area contributed by atoms with E-state index in [1.807, 2.05) is 0 Å². The zero-order chi connectivity index (χ0) is 15.6. The molecule has 1 aromatic carbocycles. The molecular formula is C13H12N2O5S. The summed E-state index contributed by atoms with van der Waals surface area (Å²) in [6.45, 7) is 0. The monoisotopic (exact) mass is 308 g/mol. The molecule has 0 unspecified atom stereocenters. The standard InChI is InChI=1S/C13H12N2O5S/c1-14-10-4-3-9(15(18)19)5-8(10)6-11(13(14)17)21-7-12(16)20-2/h3-6H,7H2,1-2H3. The number of ether oxygens (including phenoxy) is 1. The van der Waals surface area contributed by atoms with E-state index in [2.05, 4.69) is 4.74 Å². The van der Waals surface area contributed by atoms with E-state index >= 15 is 0 Å². The fourth-order valence-electron chi connectivity index (χ4n) is 1.85. The van der Waals surface area contributed by atoms with Crippen LogP contribution in [-0.4, -0.2) is 28.3 Å². The van der Waals surface area contributed by atoms with Gasteiger partial charge in [-0.15, -0.1) is 11.8 Å². The van der Waals surface area contributed by atoms with E-state index in [4.69, 9.17) is 0 Å². The number of carbonyl (C=O) groups excluding carboxylic acids is 1. The Morgan fingerprint density at radius 1 is 1.43 bits per heavy atom. The molecule has 0 radical (unpaired) electrons. The zero-order valence-corrected chi connectivity index (χ0v) is 12.2. The lowest BCUT2D eigenvalue weighted by atomic mass is 10.2. The molecule has 110 valence electrons. The number of nitrogens with zero attached hydrogens (tertiary/aromatic N) is 2. The van der Waals surface area contributed by atoms with Gasteiger partial charge in [0.15, 0.2) is 0 Å². The number of non-ortho nitro benzene ring substituents is 1. The maximum atomic E-state index is 12.2. The molecule has 0 saturated heterocycles. The van der Waals surface area contributed by atoms with Crippen LogP contribution in [0.5, 0.6) is 0 Å². The first-order chi connectivity index (χ1) is 9.93. The molecule has 0 bridgehead atoms. The number of aromatic nitrogens is 1.